The fraction of sp³-hybridized carbons (Fsp3) is 0.419. The van der Waals surface area contributed by atoms with Gasteiger partial charge in [0.15, 0.2) is 6.29 Å². The van der Waals surface area contributed by atoms with Crippen molar-refractivity contribution in [2.24, 2.45) is 11.7 Å². The number of benzene rings is 1. The summed E-state index contributed by atoms with van der Waals surface area (Å²) in [4.78, 5) is 31.5. The maximum absolute atomic E-state index is 16.1. The van der Waals surface area contributed by atoms with Crippen LogP contribution in [0.15, 0.2) is 36.7 Å². The number of pyridine rings is 2. The van der Waals surface area contributed by atoms with E-state index in [-0.39, 0.29) is 86.6 Å². The van der Waals surface area contributed by atoms with Gasteiger partial charge in [0.25, 0.3) is 0 Å². The molecule has 2 aliphatic rings. The third-order valence-corrected chi connectivity index (χ3v) is 8.52. The minimum atomic E-state index is -1.92. The number of aromatic nitrogens is 2. The molecule has 3 heterocycles. The molecule has 5 N–H and O–H groups in total. The second-order valence-corrected chi connectivity index (χ2v) is 11.1. The number of carbonyl (C=O) groups is 2. The first-order valence-corrected chi connectivity index (χ1v) is 14.1. The second kappa shape index (κ2) is 14.3. The van der Waals surface area contributed by atoms with E-state index in [9.17, 15) is 14.7 Å². The smallest absolute Gasteiger partial charge is 0.404 e. The summed E-state index contributed by atoms with van der Waals surface area (Å²) in [7, 11) is 1.77. The van der Waals surface area contributed by atoms with Gasteiger partial charge >= 0.3 is 6.09 Å². The van der Waals surface area contributed by atoms with Crippen molar-refractivity contribution in [1.82, 2.24) is 15.3 Å². The summed E-state index contributed by atoms with van der Waals surface area (Å²) in [6.07, 6.45) is 3.33. The summed E-state index contributed by atoms with van der Waals surface area (Å²) in [5, 5.41) is 15.3. The fourth-order valence-electron chi connectivity index (χ4n) is 6.41. The molecule has 2 aromatic heterocycles. The Labute approximate surface area is 272 Å². The quantitative estimate of drug-likeness (QED) is 0.146. The molecule has 44 heavy (non-hydrogen) atoms. The van der Waals surface area contributed by atoms with E-state index in [2.05, 4.69) is 26.7 Å². The zero-order valence-electron chi connectivity index (χ0n) is 24.1. The standard InChI is InChI=1S/C31H33F3N5O4.Hf/c1-36-26-15-37-7-4-22(26)17-10-19(28(25(35)13-17)39-30(41)42)11-18-12-20(31(34)5-8-43-9-6-31)14-24(33)27(18)29-23(32)3-2-21(16-40)38-29;/h2-4,7,14-17,19,25,28,36,39H,5-6,8-11,13,35H2,1H3,(H,41,42);/q-1;. The number of nitrogens with two attached hydrogens (primary N) is 1. The Morgan fingerprint density at radius 3 is 2.66 bits per heavy atom. The molecule has 0 bridgehead atoms. The number of amides is 1. The number of hydrogen-bond acceptors (Lipinski definition) is 7. The van der Waals surface area contributed by atoms with Gasteiger partial charge in [-0.15, -0.1) is 17.2 Å². The molecule has 9 nitrogen and oxygen atoms in total. The van der Waals surface area contributed by atoms with Gasteiger partial charge in [-0.05, 0) is 54.9 Å². The molecule has 1 saturated heterocycles. The molecule has 232 valence electrons. The average molecular weight is 775 g/mol. The Bertz CT molecular complexity index is 1510. The van der Waals surface area contributed by atoms with Crippen LogP contribution in [0.2, 0.25) is 0 Å². The SMILES string of the molecule is CNc1cnccc1C1CC(N)C(NC(=O)O)C(Cc2[c-]c(C3(F)CCOCC3)cc(F)c2-c2nc(C=O)ccc2F)C1.[Hf]. The molecule has 1 aliphatic carbocycles. The molecule has 1 amide bonds. The van der Waals surface area contributed by atoms with Crippen molar-refractivity contribution < 1.29 is 58.4 Å². The molecule has 13 heteroatoms. The number of alkyl halides is 1. The van der Waals surface area contributed by atoms with Gasteiger partial charge in [0.1, 0.15) is 17.2 Å². The predicted octanol–water partition coefficient (Wildman–Crippen LogP) is 4.75. The van der Waals surface area contributed by atoms with E-state index in [0.29, 0.717) is 19.1 Å². The van der Waals surface area contributed by atoms with Crippen LogP contribution in [0.25, 0.3) is 11.3 Å². The molecular formula is C31H33F3HfN5O4-. The Morgan fingerprint density at radius 1 is 1.23 bits per heavy atom. The maximum Gasteiger partial charge on any atom is 0.404 e. The minimum absolute atomic E-state index is 0. The van der Waals surface area contributed by atoms with Gasteiger partial charge in [-0.1, -0.05) is 5.56 Å². The zero-order chi connectivity index (χ0) is 30.7. The number of carboxylic acid groups (broad SMARTS) is 1. The summed E-state index contributed by atoms with van der Waals surface area (Å²) in [5.41, 5.74) is 5.67. The first kappa shape index (κ1) is 33.7. The van der Waals surface area contributed by atoms with Crippen LogP contribution in [0.4, 0.5) is 23.7 Å². The van der Waals surface area contributed by atoms with Gasteiger partial charge in [-0.25, -0.2) is 18.0 Å². The van der Waals surface area contributed by atoms with Crippen molar-refractivity contribution >= 4 is 18.1 Å². The second-order valence-electron chi connectivity index (χ2n) is 11.1. The minimum Gasteiger partial charge on any atom is -0.465 e. The van der Waals surface area contributed by atoms with Crippen LogP contribution in [-0.4, -0.2) is 59.8 Å². The third-order valence-electron chi connectivity index (χ3n) is 8.52. The number of aldehydes is 1. The van der Waals surface area contributed by atoms with Gasteiger partial charge in [-0.2, -0.15) is 6.07 Å². The summed E-state index contributed by atoms with van der Waals surface area (Å²) >= 11 is 0. The summed E-state index contributed by atoms with van der Waals surface area (Å²) in [6.45, 7) is 0.286. The predicted molar refractivity (Wildman–Crippen MR) is 153 cm³/mol. The van der Waals surface area contributed by atoms with Gasteiger partial charge in [0.05, 0.1) is 23.6 Å². The molecule has 4 unspecified atom stereocenters. The monoisotopic (exact) mass is 776 g/mol. The van der Waals surface area contributed by atoms with Crippen molar-refractivity contribution in [3.05, 3.63) is 76.7 Å². The fourth-order valence-corrected chi connectivity index (χ4v) is 6.41. The van der Waals surface area contributed by atoms with E-state index < -0.39 is 47.1 Å². The molecule has 1 saturated carbocycles. The number of nitrogens with zero attached hydrogens (tertiary/aromatic N) is 2. The first-order valence-electron chi connectivity index (χ1n) is 14.1. The van der Waals surface area contributed by atoms with Crippen LogP contribution < -0.4 is 16.4 Å². The van der Waals surface area contributed by atoms with Crippen LogP contribution >= 0.6 is 0 Å². The van der Waals surface area contributed by atoms with E-state index in [1.165, 1.54) is 6.07 Å². The zero-order valence-corrected chi connectivity index (χ0v) is 27.7. The number of carbonyl (C=O) groups excluding carboxylic acids is 1. The van der Waals surface area contributed by atoms with Crippen LogP contribution in [-0.2, 0) is 42.7 Å². The number of nitrogens with one attached hydrogen (secondary N) is 2. The third kappa shape index (κ3) is 7.05. The van der Waals surface area contributed by atoms with Crippen molar-refractivity contribution in [2.75, 3.05) is 25.6 Å². The normalized spacial score (nSPS) is 22.8. The van der Waals surface area contributed by atoms with Crippen molar-refractivity contribution in [2.45, 2.75) is 55.8 Å². The van der Waals surface area contributed by atoms with Crippen molar-refractivity contribution in [3.63, 3.8) is 0 Å². The molecule has 5 rings (SSSR count). The Kier molecular flexibility index (Phi) is 11.0. The average Bonchev–Trinajstić information content (AvgIpc) is 2.99. The van der Waals surface area contributed by atoms with Crippen LogP contribution in [0.3, 0.4) is 0 Å². The van der Waals surface area contributed by atoms with Crippen LogP contribution in [0.5, 0.6) is 0 Å². The number of halogens is 3. The van der Waals surface area contributed by atoms with Crippen LogP contribution in [0, 0.1) is 23.6 Å². The molecule has 0 radical (unpaired) electrons. The number of rotatable bonds is 8. The Morgan fingerprint density at radius 2 is 1.98 bits per heavy atom. The largest absolute Gasteiger partial charge is 0.465 e. The Hall–Kier alpha value is -3.16. The van der Waals surface area contributed by atoms with Crippen LogP contribution in [0.1, 0.15) is 58.8 Å². The molecule has 1 aromatic carbocycles. The molecular weight excluding hydrogens is 742 g/mol. The molecule has 0 spiro atoms. The topological polar surface area (TPSA) is 139 Å². The number of hydrogen-bond donors (Lipinski definition) is 4. The van der Waals surface area contributed by atoms with E-state index >= 15 is 13.2 Å². The Balaban J connectivity index is 0.00000442. The number of ether oxygens (including phenoxy) is 1. The first-order chi connectivity index (χ1) is 20.6. The van der Waals surface area contributed by atoms with Gasteiger partial charge in [0.2, 0.25) is 0 Å². The van der Waals surface area contributed by atoms with Gasteiger partial charge in [0, 0.05) is 77.0 Å². The summed E-state index contributed by atoms with van der Waals surface area (Å²) in [6, 6.07) is 6.72. The summed E-state index contributed by atoms with van der Waals surface area (Å²) < 4.78 is 52.6. The number of anilines is 1. The van der Waals surface area contributed by atoms with E-state index in [1.54, 1.807) is 19.4 Å². The molecule has 1 aliphatic heterocycles. The van der Waals surface area contributed by atoms with Gasteiger partial charge < -0.3 is 26.2 Å². The summed E-state index contributed by atoms with van der Waals surface area (Å²) in [5.74, 6) is -2.44. The molecule has 2 fully saturated rings. The maximum atomic E-state index is 16.1. The van der Waals surface area contributed by atoms with Crippen molar-refractivity contribution in [3.8, 4) is 11.3 Å². The van der Waals surface area contributed by atoms with E-state index in [1.807, 2.05) is 6.07 Å². The molecule has 3 aromatic rings. The molecule has 4 atom stereocenters. The van der Waals surface area contributed by atoms with Gasteiger partial charge in [-0.3, -0.25) is 14.8 Å². The van der Waals surface area contributed by atoms with E-state index in [4.69, 9.17) is 10.5 Å². The van der Waals surface area contributed by atoms with Crippen molar-refractivity contribution in [1.29, 1.82) is 0 Å². The van der Waals surface area contributed by atoms with E-state index in [0.717, 1.165) is 23.4 Å².